The molecule has 0 aliphatic heterocycles. The van der Waals surface area contributed by atoms with E-state index in [9.17, 15) is 0 Å². The molecule has 2 heterocycles. The van der Waals surface area contributed by atoms with Gasteiger partial charge in [-0.2, -0.15) is 0 Å². The quantitative estimate of drug-likeness (QED) is 0.221. The summed E-state index contributed by atoms with van der Waals surface area (Å²) in [5, 5.41) is 7.98. The van der Waals surface area contributed by atoms with Crippen LogP contribution in [0.25, 0.3) is 77.3 Å². The molecule has 0 saturated heterocycles. The van der Waals surface area contributed by atoms with E-state index in [2.05, 4.69) is 121 Å². The summed E-state index contributed by atoms with van der Waals surface area (Å²) in [5.74, 6) is 0. The van der Waals surface area contributed by atoms with Crippen molar-refractivity contribution in [3.8, 4) is 33.4 Å². The fraction of sp³-hybridized carbons (Fsp3) is 0. The average Bonchev–Trinajstić information content (AvgIpc) is 3.65. The average molecular weight is 578 g/mol. The summed E-state index contributed by atoms with van der Waals surface area (Å²) in [6, 6.07) is 55.0. The highest BCUT2D eigenvalue weighted by atomic mass is 16.3. The van der Waals surface area contributed by atoms with E-state index in [-0.39, 0.29) is 0 Å². The fourth-order valence-electron chi connectivity index (χ4n) is 6.48. The van der Waals surface area contributed by atoms with Gasteiger partial charge >= 0.3 is 0 Å². The number of hydrogen-bond acceptors (Lipinski definition) is 3. The normalized spacial score (nSPS) is 11.6. The zero-order valence-electron chi connectivity index (χ0n) is 24.3. The van der Waals surface area contributed by atoms with Gasteiger partial charge in [0.2, 0.25) is 0 Å². The van der Waals surface area contributed by atoms with E-state index < -0.39 is 0 Å². The van der Waals surface area contributed by atoms with E-state index in [0.29, 0.717) is 0 Å². The number of nitrogens with one attached hydrogen (secondary N) is 1. The predicted molar refractivity (Wildman–Crippen MR) is 187 cm³/mol. The van der Waals surface area contributed by atoms with Gasteiger partial charge in [-0.3, -0.25) is 0 Å². The molecule has 0 saturated carbocycles. The molecule has 0 radical (unpaired) electrons. The summed E-state index contributed by atoms with van der Waals surface area (Å²) >= 11 is 0. The lowest BCUT2D eigenvalue weighted by Crippen LogP contribution is -1.93. The highest BCUT2D eigenvalue weighted by Gasteiger charge is 2.18. The van der Waals surface area contributed by atoms with E-state index in [1.165, 1.54) is 0 Å². The van der Waals surface area contributed by atoms with Crippen LogP contribution in [0.2, 0.25) is 0 Å². The molecule has 2 aromatic heterocycles. The van der Waals surface area contributed by atoms with Gasteiger partial charge < -0.3 is 14.2 Å². The minimum atomic E-state index is 0.820. The Kier molecular flexibility index (Phi) is 5.82. The molecule has 45 heavy (non-hydrogen) atoms. The molecule has 3 nitrogen and oxygen atoms in total. The van der Waals surface area contributed by atoms with Crippen molar-refractivity contribution in [3.63, 3.8) is 0 Å². The number of fused-ring (bicyclic) bond motifs is 6. The van der Waals surface area contributed by atoms with E-state index in [4.69, 9.17) is 8.83 Å². The third kappa shape index (κ3) is 4.37. The van der Waals surface area contributed by atoms with Crippen molar-refractivity contribution >= 4 is 55.3 Å². The van der Waals surface area contributed by atoms with Crippen molar-refractivity contribution in [2.24, 2.45) is 0 Å². The van der Waals surface area contributed by atoms with Gasteiger partial charge in [-0.25, -0.2) is 0 Å². The van der Waals surface area contributed by atoms with Crippen LogP contribution in [0.4, 0.5) is 11.4 Å². The molecule has 0 aliphatic rings. The SMILES string of the molecule is c1ccc(Nc2ccccc2-c2cccc(-c3cc(-c4ccccc4)c4oc5cc6oc7ccccc7c6cc5c4c3)c2)cc1. The first-order valence-electron chi connectivity index (χ1n) is 15.2. The monoisotopic (exact) mass is 577 g/mol. The molecule has 3 heteroatoms. The summed E-state index contributed by atoms with van der Waals surface area (Å²) < 4.78 is 12.8. The van der Waals surface area contributed by atoms with E-state index >= 15 is 0 Å². The molecule has 0 fully saturated rings. The summed E-state index contributed by atoms with van der Waals surface area (Å²) in [7, 11) is 0. The van der Waals surface area contributed by atoms with Crippen LogP contribution in [0.15, 0.2) is 167 Å². The molecule has 1 N–H and O–H groups in total. The third-order valence-corrected chi connectivity index (χ3v) is 8.64. The maximum absolute atomic E-state index is 6.63. The van der Waals surface area contributed by atoms with Crippen molar-refractivity contribution in [2.75, 3.05) is 5.32 Å². The number of hydrogen-bond donors (Lipinski definition) is 1. The van der Waals surface area contributed by atoms with Gasteiger partial charge in [0, 0.05) is 50.1 Å². The molecular formula is C42H27NO2. The fourth-order valence-corrected chi connectivity index (χ4v) is 6.48. The standard InChI is InChI=1S/C42H27NO2/c1-3-12-27(13-4-1)34-23-30(24-37-36-25-35-33-19-8-10-21-39(33)44-40(35)26-41(36)45-42(34)37)28-14-11-15-29(22-28)32-18-7-9-20-38(32)43-31-16-5-2-6-17-31/h1-26,43H. The maximum Gasteiger partial charge on any atom is 0.143 e. The van der Waals surface area contributed by atoms with Crippen LogP contribution < -0.4 is 5.32 Å². The Morgan fingerprint density at radius 2 is 1.04 bits per heavy atom. The van der Waals surface area contributed by atoms with E-state index in [0.717, 1.165) is 88.6 Å². The van der Waals surface area contributed by atoms with Gasteiger partial charge in [0.25, 0.3) is 0 Å². The number of rotatable bonds is 5. The maximum atomic E-state index is 6.63. The zero-order chi connectivity index (χ0) is 29.7. The van der Waals surface area contributed by atoms with Crippen molar-refractivity contribution in [2.45, 2.75) is 0 Å². The van der Waals surface area contributed by atoms with Crippen molar-refractivity contribution in [1.82, 2.24) is 0 Å². The van der Waals surface area contributed by atoms with Gasteiger partial charge in [-0.05, 0) is 70.8 Å². The molecule has 0 unspecified atom stereocenters. The first-order chi connectivity index (χ1) is 22.3. The number of para-hydroxylation sites is 3. The predicted octanol–water partition coefficient (Wildman–Crippen LogP) is 12.2. The smallest absolute Gasteiger partial charge is 0.143 e. The Morgan fingerprint density at radius 1 is 0.356 bits per heavy atom. The molecule has 9 aromatic rings. The topological polar surface area (TPSA) is 38.3 Å². The highest BCUT2D eigenvalue weighted by Crippen LogP contribution is 2.43. The van der Waals surface area contributed by atoms with Gasteiger partial charge in [0.15, 0.2) is 0 Å². The summed E-state index contributed by atoms with van der Waals surface area (Å²) in [4.78, 5) is 0. The van der Waals surface area contributed by atoms with Crippen LogP contribution in [0.3, 0.4) is 0 Å². The van der Waals surface area contributed by atoms with Crippen molar-refractivity contribution in [3.05, 3.63) is 158 Å². The Hall–Kier alpha value is -6.06. The van der Waals surface area contributed by atoms with Crippen LogP contribution in [-0.4, -0.2) is 0 Å². The largest absolute Gasteiger partial charge is 0.456 e. The lowest BCUT2D eigenvalue weighted by molar-refractivity contribution is 0.656. The van der Waals surface area contributed by atoms with Crippen LogP contribution >= 0.6 is 0 Å². The zero-order valence-corrected chi connectivity index (χ0v) is 24.3. The van der Waals surface area contributed by atoms with Gasteiger partial charge in [-0.1, -0.05) is 103 Å². The van der Waals surface area contributed by atoms with Crippen LogP contribution in [0, 0.1) is 0 Å². The summed E-state index contributed by atoms with van der Waals surface area (Å²) in [6.07, 6.45) is 0. The Labute approximate surface area is 260 Å². The summed E-state index contributed by atoms with van der Waals surface area (Å²) in [5.41, 5.74) is 12.3. The van der Waals surface area contributed by atoms with Gasteiger partial charge in [0.05, 0.1) is 0 Å². The van der Waals surface area contributed by atoms with Crippen LogP contribution in [0.1, 0.15) is 0 Å². The molecule has 0 bridgehead atoms. The van der Waals surface area contributed by atoms with Crippen molar-refractivity contribution in [1.29, 1.82) is 0 Å². The molecule has 7 aromatic carbocycles. The van der Waals surface area contributed by atoms with E-state index in [1.54, 1.807) is 0 Å². The lowest BCUT2D eigenvalue weighted by Gasteiger charge is -2.14. The minimum absolute atomic E-state index is 0.820. The molecule has 212 valence electrons. The first-order valence-corrected chi connectivity index (χ1v) is 15.2. The second kappa shape index (κ2) is 10.3. The lowest BCUT2D eigenvalue weighted by atomic mass is 9.93. The Balaban J connectivity index is 1.24. The van der Waals surface area contributed by atoms with Crippen LogP contribution in [0.5, 0.6) is 0 Å². The molecule has 0 atom stereocenters. The Morgan fingerprint density at radius 3 is 1.93 bits per heavy atom. The molecule has 0 spiro atoms. The van der Waals surface area contributed by atoms with Crippen LogP contribution in [-0.2, 0) is 0 Å². The molecule has 0 amide bonds. The second-order valence-electron chi connectivity index (χ2n) is 11.4. The van der Waals surface area contributed by atoms with Gasteiger partial charge in [0.1, 0.15) is 22.3 Å². The summed E-state index contributed by atoms with van der Waals surface area (Å²) in [6.45, 7) is 0. The minimum Gasteiger partial charge on any atom is -0.456 e. The Bertz CT molecular complexity index is 2510. The van der Waals surface area contributed by atoms with E-state index in [1.807, 2.05) is 42.5 Å². The second-order valence-corrected chi connectivity index (χ2v) is 11.4. The van der Waals surface area contributed by atoms with Crippen molar-refractivity contribution < 1.29 is 8.83 Å². The molecular weight excluding hydrogens is 550 g/mol. The number of anilines is 2. The molecule has 0 aliphatic carbocycles. The van der Waals surface area contributed by atoms with Gasteiger partial charge in [-0.15, -0.1) is 0 Å². The first kappa shape index (κ1) is 25.4. The number of benzene rings is 7. The third-order valence-electron chi connectivity index (χ3n) is 8.64. The highest BCUT2D eigenvalue weighted by molar-refractivity contribution is 6.17. The molecule has 9 rings (SSSR count). The number of furan rings is 2.